The molecule has 0 amide bonds. The summed E-state index contributed by atoms with van der Waals surface area (Å²) >= 11 is 5.32. The van der Waals surface area contributed by atoms with Gasteiger partial charge in [-0.2, -0.15) is 0 Å². The average Bonchev–Trinajstić information content (AvgIpc) is 2.55. The fraction of sp³-hybridized carbons (Fsp3) is 0.235. The van der Waals surface area contributed by atoms with Crippen LogP contribution in [-0.2, 0) is 0 Å². The summed E-state index contributed by atoms with van der Waals surface area (Å²) in [7, 11) is 0. The van der Waals surface area contributed by atoms with Gasteiger partial charge in [-0.3, -0.25) is 0 Å². The maximum atomic E-state index is 5.88. The van der Waals surface area contributed by atoms with E-state index in [0.29, 0.717) is 18.3 Å². The van der Waals surface area contributed by atoms with Gasteiger partial charge in [0, 0.05) is 5.69 Å². The van der Waals surface area contributed by atoms with Crippen molar-refractivity contribution in [3.05, 3.63) is 54.1 Å². The van der Waals surface area contributed by atoms with Crippen LogP contribution in [0, 0.1) is 6.92 Å². The monoisotopic (exact) mass is 314 g/mol. The molecule has 22 heavy (non-hydrogen) atoms. The van der Waals surface area contributed by atoms with Gasteiger partial charge in [-0.25, -0.2) is 0 Å². The van der Waals surface area contributed by atoms with E-state index in [4.69, 9.17) is 21.7 Å². The molecule has 0 unspecified atom stereocenters. The van der Waals surface area contributed by atoms with Crippen LogP contribution in [0.4, 0.5) is 5.69 Å². The minimum absolute atomic E-state index is 0.0634. The molecule has 0 radical (unpaired) electrons. The van der Waals surface area contributed by atoms with Crippen LogP contribution in [-0.4, -0.2) is 24.4 Å². The van der Waals surface area contributed by atoms with Gasteiger partial charge >= 0.3 is 0 Å². The van der Waals surface area contributed by atoms with Crippen molar-refractivity contribution in [2.75, 3.05) is 18.5 Å². The molecule has 0 bridgehead atoms. The minimum Gasteiger partial charge on any atom is -0.486 e. The number of hydrogen-bond acceptors (Lipinski definition) is 3. The second-order valence-corrected chi connectivity index (χ2v) is 5.56. The number of para-hydroxylation sites is 3. The molecule has 0 aromatic heterocycles. The zero-order valence-electron chi connectivity index (χ0n) is 12.3. The van der Waals surface area contributed by atoms with Gasteiger partial charge in [-0.15, -0.1) is 0 Å². The molecule has 5 heteroatoms. The van der Waals surface area contributed by atoms with E-state index in [9.17, 15) is 0 Å². The third-order valence-electron chi connectivity index (χ3n) is 3.45. The lowest BCUT2D eigenvalue weighted by Crippen LogP contribution is -2.42. The normalized spacial score (nSPS) is 16.0. The van der Waals surface area contributed by atoms with Gasteiger partial charge in [-0.05, 0) is 42.9 Å². The average molecular weight is 314 g/mol. The summed E-state index contributed by atoms with van der Waals surface area (Å²) in [6.07, 6.45) is -0.0634. The van der Waals surface area contributed by atoms with Gasteiger partial charge in [0.05, 0.1) is 6.54 Å². The minimum atomic E-state index is -0.0634. The Bertz CT molecular complexity index is 675. The number of rotatable bonds is 3. The summed E-state index contributed by atoms with van der Waals surface area (Å²) in [6, 6.07) is 15.7. The summed E-state index contributed by atoms with van der Waals surface area (Å²) in [6.45, 7) is 3.14. The molecule has 2 aromatic carbocycles. The number of ether oxygens (including phenoxy) is 2. The van der Waals surface area contributed by atoms with Crippen LogP contribution in [0.2, 0.25) is 0 Å². The summed E-state index contributed by atoms with van der Waals surface area (Å²) < 4.78 is 11.6. The summed E-state index contributed by atoms with van der Waals surface area (Å²) in [4.78, 5) is 0. The Morgan fingerprint density at radius 2 is 1.86 bits per heavy atom. The van der Waals surface area contributed by atoms with Crippen LogP contribution in [0.3, 0.4) is 0 Å². The molecule has 1 atom stereocenters. The third kappa shape index (κ3) is 3.49. The Balaban J connectivity index is 1.51. The topological polar surface area (TPSA) is 42.5 Å². The quantitative estimate of drug-likeness (QED) is 0.852. The zero-order valence-corrected chi connectivity index (χ0v) is 13.2. The Morgan fingerprint density at radius 3 is 2.68 bits per heavy atom. The molecule has 1 aliphatic rings. The van der Waals surface area contributed by atoms with Crippen LogP contribution in [0.1, 0.15) is 5.56 Å². The molecule has 0 saturated heterocycles. The van der Waals surface area contributed by atoms with Crippen LogP contribution in [0.25, 0.3) is 0 Å². The first-order valence-corrected chi connectivity index (χ1v) is 7.62. The van der Waals surface area contributed by atoms with Crippen LogP contribution >= 0.6 is 12.2 Å². The maximum absolute atomic E-state index is 5.88. The van der Waals surface area contributed by atoms with Gasteiger partial charge in [-0.1, -0.05) is 30.3 Å². The third-order valence-corrected chi connectivity index (χ3v) is 3.70. The summed E-state index contributed by atoms with van der Waals surface area (Å²) in [5.74, 6) is 1.57. The molecule has 1 heterocycles. The van der Waals surface area contributed by atoms with Crippen LogP contribution < -0.4 is 20.1 Å². The fourth-order valence-electron chi connectivity index (χ4n) is 2.25. The molecular weight excluding hydrogens is 296 g/mol. The first kappa shape index (κ1) is 14.7. The standard InChI is InChI=1S/C17H18N2O2S/c1-12-6-2-3-7-14(12)19-17(22)18-10-13-11-20-15-8-4-5-9-16(15)21-13/h2-9,13H,10-11H2,1H3,(H2,18,19,22)/t13-/m0/s1. The molecule has 3 rings (SSSR count). The maximum Gasteiger partial charge on any atom is 0.170 e. The number of anilines is 1. The summed E-state index contributed by atoms with van der Waals surface area (Å²) in [5.41, 5.74) is 2.16. The zero-order chi connectivity index (χ0) is 15.4. The predicted octanol–water partition coefficient (Wildman–Crippen LogP) is 3.12. The van der Waals surface area contributed by atoms with Crippen molar-refractivity contribution < 1.29 is 9.47 Å². The van der Waals surface area contributed by atoms with Gasteiger partial charge in [0.15, 0.2) is 16.6 Å². The molecule has 114 valence electrons. The predicted molar refractivity (Wildman–Crippen MR) is 91.8 cm³/mol. The number of fused-ring (bicyclic) bond motifs is 1. The van der Waals surface area contributed by atoms with Crippen molar-refractivity contribution >= 4 is 23.0 Å². The fourth-order valence-corrected chi connectivity index (χ4v) is 2.44. The van der Waals surface area contributed by atoms with Crippen molar-refractivity contribution in [1.82, 2.24) is 5.32 Å². The number of hydrogen-bond donors (Lipinski definition) is 2. The molecule has 0 saturated carbocycles. The van der Waals surface area contributed by atoms with Gasteiger partial charge in [0.1, 0.15) is 12.7 Å². The van der Waals surface area contributed by atoms with E-state index < -0.39 is 0 Å². The van der Waals surface area contributed by atoms with E-state index in [-0.39, 0.29) is 6.10 Å². The van der Waals surface area contributed by atoms with E-state index in [1.807, 2.05) is 55.5 Å². The Hall–Kier alpha value is -2.27. The van der Waals surface area contributed by atoms with Crippen molar-refractivity contribution in [2.45, 2.75) is 13.0 Å². The van der Waals surface area contributed by atoms with E-state index in [0.717, 1.165) is 22.7 Å². The van der Waals surface area contributed by atoms with Gasteiger partial charge in [0.25, 0.3) is 0 Å². The molecule has 1 aliphatic heterocycles. The largest absolute Gasteiger partial charge is 0.486 e. The highest BCUT2D eigenvalue weighted by atomic mass is 32.1. The number of aryl methyl sites for hydroxylation is 1. The van der Waals surface area contributed by atoms with Gasteiger partial charge in [0.2, 0.25) is 0 Å². The van der Waals surface area contributed by atoms with E-state index in [2.05, 4.69) is 10.6 Å². The lowest BCUT2D eigenvalue weighted by atomic mass is 10.2. The first-order valence-electron chi connectivity index (χ1n) is 7.21. The van der Waals surface area contributed by atoms with Crippen molar-refractivity contribution in [2.24, 2.45) is 0 Å². The number of thiocarbonyl (C=S) groups is 1. The smallest absolute Gasteiger partial charge is 0.170 e. The summed E-state index contributed by atoms with van der Waals surface area (Å²) in [5, 5.41) is 6.95. The molecule has 2 N–H and O–H groups in total. The van der Waals surface area contributed by atoms with Crippen molar-refractivity contribution in [3.8, 4) is 11.5 Å². The molecule has 2 aromatic rings. The van der Waals surface area contributed by atoms with E-state index in [1.165, 1.54) is 0 Å². The van der Waals surface area contributed by atoms with Crippen LogP contribution in [0.15, 0.2) is 48.5 Å². The second-order valence-electron chi connectivity index (χ2n) is 5.15. The Kier molecular flexibility index (Phi) is 4.44. The Labute approximate surface area is 135 Å². The molecule has 0 spiro atoms. The highest BCUT2D eigenvalue weighted by Crippen LogP contribution is 2.30. The highest BCUT2D eigenvalue weighted by Gasteiger charge is 2.20. The molecule has 4 nitrogen and oxygen atoms in total. The second kappa shape index (κ2) is 6.66. The SMILES string of the molecule is Cc1ccccc1NC(=S)NC[C@H]1COc2ccccc2O1. The first-order chi connectivity index (χ1) is 10.7. The van der Waals surface area contributed by atoms with E-state index in [1.54, 1.807) is 0 Å². The highest BCUT2D eigenvalue weighted by molar-refractivity contribution is 7.80. The van der Waals surface area contributed by atoms with Crippen LogP contribution in [0.5, 0.6) is 11.5 Å². The lowest BCUT2D eigenvalue weighted by Gasteiger charge is -2.27. The van der Waals surface area contributed by atoms with Crippen molar-refractivity contribution in [3.63, 3.8) is 0 Å². The van der Waals surface area contributed by atoms with Crippen molar-refractivity contribution in [1.29, 1.82) is 0 Å². The van der Waals surface area contributed by atoms with E-state index >= 15 is 0 Å². The lowest BCUT2D eigenvalue weighted by molar-refractivity contribution is 0.0939. The molecule has 0 aliphatic carbocycles. The van der Waals surface area contributed by atoms with Gasteiger partial charge < -0.3 is 20.1 Å². The number of benzene rings is 2. The molecule has 0 fully saturated rings. The Morgan fingerprint density at radius 1 is 1.14 bits per heavy atom. The molecular formula is C17H18N2O2S. The number of nitrogens with one attached hydrogen (secondary N) is 2.